The Labute approximate surface area is 116 Å². The Morgan fingerprint density at radius 3 is 2.85 bits per heavy atom. The van der Waals surface area contributed by atoms with Crippen molar-refractivity contribution >= 4 is 15.8 Å². The van der Waals surface area contributed by atoms with Crippen LogP contribution in [0, 0.1) is 10.1 Å². The van der Waals surface area contributed by atoms with Gasteiger partial charge in [0.15, 0.2) is 0 Å². The molecule has 20 heavy (non-hydrogen) atoms. The highest BCUT2D eigenvalue weighted by atomic mass is 32.2. The minimum atomic E-state index is -4.00. The van der Waals surface area contributed by atoms with E-state index in [-0.39, 0.29) is 23.3 Å². The lowest BCUT2D eigenvalue weighted by atomic mass is 10.1. The van der Waals surface area contributed by atoms with Crippen LogP contribution in [0.5, 0.6) is 0 Å². The maximum absolute atomic E-state index is 11.9. The first-order chi connectivity index (χ1) is 9.49. The van der Waals surface area contributed by atoms with E-state index in [1.165, 1.54) is 18.2 Å². The summed E-state index contributed by atoms with van der Waals surface area (Å²) >= 11 is 0. The molecule has 1 fully saturated rings. The number of ether oxygens (including phenoxy) is 1. The summed E-state index contributed by atoms with van der Waals surface area (Å²) < 4.78 is 34.2. The van der Waals surface area contributed by atoms with E-state index in [1.807, 2.05) is 0 Å². The summed E-state index contributed by atoms with van der Waals surface area (Å²) in [6.45, 7) is 0.538. The number of rotatable bonds is 5. The Kier molecular flexibility index (Phi) is 4.69. The van der Waals surface area contributed by atoms with E-state index < -0.39 is 15.0 Å². The zero-order valence-electron chi connectivity index (χ0n) is 10.7. The van der Waals surface area contributed by atoms with Crippen LogP contribution in [0.25, 0.3) is 0 Å². The molecule has 0 N–H and O–H groups in total. The Balaban J connectivity index is 2.05. The summed E-state index contributed by atoms with van der Waals surface area (Å²) in [5.74, 6) is 0. The molecule has 1 aromatic carbocycles. The molecule has 1 unspecified atom stereocenters. The van der Waals surface area contributed by atoms with Gasteiger partial charge in [-0.3, -0.25) is 14.3 Å². The smallest absolute Gasteiger partial charge is 0.297 e. The molecule has 0 aliphatic carbocycles. The SMILES string of the molecule is O=[N+]([O-])c1cccc(S(=O)(=O)OCC2CCCCO2)c1. The molecule has 2 rings (SSSR count). The van der Waals surface area contributed by atoms with E-state index >= 15 is 0 Å². The maximum Gasteiger partial charge on any atom is 0.297 e. The van der Waals surface area contributed by atoms with Gasteiger partial charge in [0.2, 0.25) is 0 Å². The quantitative estimate of drug-likeness (QED) is 0.468. The second kappa shape index (κ2) is 6.29. The molecule has 0 radical (unpaired) electrons. The third kappa shape index (κ3) is 3.75. The first-order valence-corrected chi connectivity index (χ1v) is 7.65. The topological polar surface area (TPSA) is 95.7 Å². The Morgan fingerprint density at radius 2 is 2.20 bits per heavy atom. The number of nitrogens with zero attached hydrogens (tertiary/aromatic N) is 1. The summed E-state index contributed by atoms with van der Waals surface area (Å²) in [5, 5.41) is 10.6. The highest BCUT2D eigenvalue weighted by Gasteiger charge is 2.22. The monoisotopic (exact) mass is 301 g/mol. The average molecular weight is 301 g/mol. The van der Waals surface area contributed by atoms with Gasteiger partial charge in [0.05, 0.1) is 17.6 Å². The van der Waals surface area contributed by atoms with Crippen LogP contribution in [-0.4, -0.2) is 32.7 Å². The van der Waals surface area contributed by atoms with Gasteiger partial charge in [0.25, 0.3) is 15.8 Å². The number of benzene rings is 1. The molecule has 1 saturated heterocycles. The summed E-state index contributed by atoms with van der Waals surface area (Å²) in [7, 11) is -4.00. The summed E-state index contributed by atoms with van der Waals surface area (Å²) in [4.78, 5) is 9.77. The Bertz CT molecular complexity index is 579. The van der Waals surface area contributed by atoms with E-state index in [0.717, 1.165) is 25.3 Å². The van der Waals surface area contributed by atoms with Crippen LogP contribution in [0.1, 0.15) is 19.3 Å². The fourth-order valence-electron chi connectivity index (χ4n) is 1.92. The molecule has 0 bridgehead atoms. The van der Waals surface area contributed by atoms with Gasteiger partial charge in [-0.1, -0.05) is 6.07 Å². The molecule has 1 heterocycles. The molecular weight excluding hydrogens is 286 g/mol. The van der Waals surface area contributed by atoms with E-state index in [9.17, 15) is 18.5 Å². The molecule has 1 aliphatic heterocycles. The highest BCUT2D eigenvalue weighted by molar-refractivity contribution is 7.86. The van der Waals surface area contributed by atoms with Gasteiger partial charge in [0, 0.05) is 18.7 Å². The molecule has 0 spiro atoms. The molecule has 110 valence electrons. The van der Waals surface area contributed by atoms with Crippen LogP contribution >= 0.6 is 0 Å². The first kappa shape index (κ1) is 14.9. The first-order valence-electron chi connectivity index (χ1n) is 6.24. The second-order valence-corrected chi connectivity index (χ2v) is 6.10. The lowest BCUT2D eigenvalue weighted by molar-refractivity contribution is -0.385. The summed E-state index contributed by atoms with van der Waals surface area (Å²) in [6, 6.07) is 4.79. The highest BCUT2D eigenvalue weighted by Crippen LogP contribution is 2.20. The number of hydrogen-bond donors (Lipinski definition) is 0. The number of nitro groups is 1. The van der Waals surface area contributed by atoms with Crippen LogP contribution in [0.3, 0.4) is 0 Å². The predicted molar refractivity (Wildman–Crippen MR) is 69.8 cm³/mol. The fraction of sp³-hybridized carbons (Fsp3) is 0.500. The molecule has 1 aliphatic rings. The standard InChI is InChI=1S/C12H15NO6S/c14-13(15)10-4-3-6-12(8-10)20(16,17)19-9-11-5-1-2-7-18-11/h3-4,6,8,11H,1-2,5,7,9H2. The van der Waals surface area contributed by atoms with Crippen molar-refractivity contribution in [2.45, 2.75) is 30.3 Å². The Morgan fingerprint density at radius 1 is 1.40 bits per heavy atom. The van der Waals surface area contributed by atoms with Gasteiger partial charge in [-0.25, -0.2) is 0 Å². The lowest BCUT2D eigenvalue weighted by Gasteiger charge is -2.21. The normalized spacial score (nSPS) is 19.7. The fourth-order valence-corrected chi connectivity index (χ4v) is 2.90. The van der Waals surface area contributed by atoms with Crippen LogP contribution in [0.2, 0.25) is 0 Å². The van der Waals surface area contributed by atoms with E-state index in [4.69, 9.17) is 8.92 Å². The number of hydrogen-bond acceptors (Lipinski definition) is 6. The van der Waals surface area contributed by atoms with Crippen molar-refractivity contribution in [1.29, 1.82) is 0 Å². The van der Waals surface area contributed by atoms with Crippen molar-refractivity contribution in [3.05, 3.63) is 34.4 Å². The van der Waals surface area contributed by atoms with Crippen molar-refractivity contribution in [2.75, 3.05) is 13.2 Å². The largest absolute Gasteiger partial charge is 0.376 e. The van der Waals surface area contributed by atoms with Crippen LogP contribution in [-0.2, 0) is 19.0 Å². The third-order valence-corrected chi connectivity index (χ3v) is 4.28. The maximum atomic E-state index is 11.9. The van der Waals surface area contributed by atoms with Crippen molar-refractivity contribution in [3.63, 3.8) is 0 Å². The summed E-state index contributed by atoms with van der Waals surface area (Å²) in [5.41, 5.74) is -0.288. The van der Waals surface area contributed by atoms with Crippen molar-refractivity contribution in [3.8, 4) is 0 Å². The molecular formula is C12H15NO6S. The van der Waals surface area contributed by atoms with Crippen molar-refractivity contribution < 1.29 is 22.3 Å². The lowest BCUT2D eigenvalue weighted by Crippen LogP contribution is -2.26. The molecule has 1 atom stereocenters. The zero-order chi connectivity index (χ0) is 14.6. The third-order valence-electron chi connectivity index (χ3n) is 3.00. The summed E-state index contributed by atoms with van der Waals surface area (Å²) in [6.07, 6.45) is 2.46. The van der Waals surface area contributed by atoms with E-state index in [0.29, 0.717) is 6.61 Å². The predicted octanol–water partition coefficient (Wildman–Crippen LogP) is 1.87. The van der Waals surface area contributed by atoms with Crippen molar-refractivity contribution in [1.82, 2.24) is 0 Å². The number of nitro benzene ring substituents is 1. The van der Waals surface area contributed by atoms with E-state index in [2.05, 4.69) is 0 Å². The number of non-ortho nitro benzene ring substituents is 1. The minimum absolute atomic E-state index is 0.0645. The molecule has 0 saturated carbocycles. The van der Waals surface area contributed by atoms with Gasteiger partial charge >= 0.3 is 0 Å². The van der Waals surface area contributed by atoms with Crippen LogP contribution in [0.15, 0.2) is 29.2 Å². The zero-order valence-corrected chi connectivity index (χ0v) is 11.5. The van der Waals surface area contributed by atoms with Gasteiger partial charge in [-0.2, -0.15) is 8.42 Å². The van der Waals surface area contributed by atoms with Gasteiger partial charge in [-0.05, 0) is 25.3 Å². The average Bonchev–Trinajstić information content (AvgIpc) is 2.46. The Hall–Kier alpha value is -1.51. The molecule has 0 aromatic heterocycles. The van der Waals surface area contributed by atoms with E-state index in [1.54, 1.807) is 0 Å². The van der Waals surface area contributed by atoms with Gasteiger partial charge in [0.1, 0.15) is 4.90 Å². The minimum Gasteiger partial charge on any atom is -0.376 e. The van der Waals surface area contributed by atoms with Gasteiger partial charge in [-0.15, -0.1) is 0 Å². The van der Waals surface area contributed by atoms with Crippen LogP contribution < -0.4 is 0 Å². The second-order valence-electron chi connectivity index (χ2n) is 4.48. The molecule has 8 heteroatoms. The van der Waals surface area contributed by atoms with Crippen molar-refractivity contribution in [2.24, 2.45) is 0 Å². The molecule has 0 amide bonds. The molecule has 1 aromatic rings. The van der Waals surface area contributed by atoms with Crippen LogP contribution in [0.4, 0.5) is 5.69 Å². The van der Waals surface area contributed by atoms with Gasteiger partial charge < -0.3 is 4.74 Å². The molecule has 7 nitrogen and oxygen atoms in total.